The van der Waals surface area contributed by atoms with Gasteiger partial charge in [-0.25, -0.2) is 0 Å². The summed E-state index contributed by atoms with van der Waals surface area (Å²) in [5.74, 6) is -0.0177. The molecule has 31 heavy (non-hydrogen) atoms. The van der Waals surface area contributed by atoms with Gasteiger partial charge in [0, 0.05) is 63.4 Å². The lowest BCUT2D eigenvalue weighted by atomic mass is 10.0. The van der Waals surface area contributed by atoms with E-state index in [0.717, 1.165) is 30.6 Å². The van der Waals surface area contributed by atoms with Crippen LogP contribution in [-0.2, 0) is 37.6 Å². The van der Waals surface area contributed by atoms with Crippen LogP contribution in [0.2, 0.25) is 0 Å². The lowest BCUT2D eigenvalue weighted by Gasteiger charge is -2.28. The van der Waals surface area contributed by atoms with E-state index in [1.54, 1.807) is 24.4 Å². The normalized spacial score (nSPS) is 13.0. The first-order valence-corrected chi connectivity index (χ1v) is 10.7. The summed E-state index contributed by atoms with van der Waals surface area (Å²) in [5, 5.41) is 7.57. The van der Waals surface area contributed by atoms with Crippen molar-refractivity contribution >= 4 is 11.8 Å². The summed E-state index contributed by atoms with van der Waals surface area (Å²) in [5.41, 5.74) is 4.83. The van der Waals surface area contributed by atoms with Crippen LogP contribution in [-0.4, -0.2) is 44.6 Å². The van der Waals surface area contributed by atoms with Crippen molar-refractivity contribution in [2.24, 2.45) is 7.05 Å². The second-order valence-corrected chi connectivity index (χ2v) is 7.77. The first kappa shape index (κ1) is 20.8. The minimum absolute atomic E-state index is 0.174. The Morgan fingerprint density at radius 1 is 1.06 bits per heavy atom. The smallest absolute Gasteiger partial charge is 0.269 e. The topological polar surface area (TPSA) is 80.1 Å². The fraction of sp³-hybridized carbons (Fsp3) is 0.333. The Kier molecular flexibility index (Phi) is 6.40. The molecule has 1 aliphatic rings. The zero-order chi connectivity index (χ0) is 21.6. The number of pyridine rings is 1. The number of benzene rings is 1. The van der Waals surface area contributed by atoms with Crippen LogP contribution in [0.3, 0.4) is 0 Å². The molecule has 2 aromatic heterocycles. The molecule has 2 amide bonds. The molecule has 4 rings (SSSR count). The van der Waals surface area contributed by atoms with E-state index < -0.39 is 0 Å². The van der Waals surface area contributed by atoms with Gasteiger partial charge in [0.05, 0.1) is 5.69 Å². The van der Waals surface area contributed by atoms with Gasteiger partial charge in [-0.3, -0.25) is 19.3 Å². The molecule has 0 radical (unpaired) electrons. The number of carbonyl (C=O) groups is 2. The van der Waals surface area contributed by atoms with Gasteiger partial charge in [0.1, 0.15) is 5.69 Å². The zero-order valence-corrected chi connectivity index (χ0v) is 17.8. The van der Waals surface area contributed by atoms with Crippen LogP contribution in [0.15, 0.2) is 54.7 Å². The highest BCUT2D eigenvalue weighted by Gasteiger charge is 2.26. The van der Waals surface area contributed by atoms with Crippen LogP contribution < -0.4 is 5.32 Å². The number of fused-ring (bicyclic) bond motifs is 1. The van der Waals surface area contributed by atoms with E-state index in [1.807, 2.05) is 34.8 Å². The fourth-order valence-electron chi connectivity index (χ4n) is 4.02. The predicted octanol–water partition coefficient (Wildman–Crippen LogP) is 2.31. The molecule has 3 heterocycles. The Morgan fingerprint density at radius 3 is 2.65 bits per heavy atom. The molecule has 7 nitrogen and oxygen atoms in total. The van der Waals surface area contributed by atoms with Crippen molar-refractivity contribution in [3.8, 4) is 0 Å². The summed E-state index contributed by atoms with van der Waals surface area (Å²) in [6.45, 7) is 1.77. The quantitative estimate of drug-likeness (QED) is 0.640. The van der Waals surface area contributed by atoms with E-state index in [9.17, 15) is 9.59 Å². The lowest BCUT2D eigenvalue weighted by Crippen LogP contribution is -2.36. The Morgan fingerprint density at radius 2 is 1.87 bits per heavy atom. The second-order valence-electron chi connectivity index (χ2n) is 7.77. The van der Waals surface area contributed by atoms with Crippen LogP contribution in [0.4, 0.5) is 0 Å². The molecule has 1 aliphatic heterocycles. The number of nitrogens with one attached hydrogen (secondary N) is 1. The van der Waals surface area contributed by atoms with Gasteiger partial charge in [-0.1, -0.05) is 36.4 Å². The number of carbonyl (C=O) groups excluding carboxylic acids is 2. The molecule has 0 spiro atoms. The summed E-state index contributed by atoms with van der Waals surface area (Å²) in [4.78, 5) is 31.0. The van der Waals surface area contributed by atoms with E-state index >= 15 is 0 Å². The highest BCUT2D eigenvalue weighted by molar-refractivity contribution is 5.92. The molecule has 0 bridgehead atoms. The molecular formula is C24H27N5O2. The van der Waals surface area contributed by atoms with Gasteiger partial charge < -0.3 is 10.2 Å². The van der Waals surface area contributed by atoms with Gasteiger partial charge in [-0.2, -0.15) is 5.10 Å². The summed E-state index contributed by atoms with van der Waals surface area (Å²) < 4.78 is 1.91. The standard InChI is InChI=1S/C24H27N5O2/c1-28-22-13-16-29(23(30)11-10-18-7-3-2-4-8-18)17-19(22)20(27-28)12-15-26-24(31)21-9-5-6-14-25-21/h2-9,14H,10-13,15-17H2,1H3,(H,26,31). The SMILES string of the molecule is Cn1nc(CCNC(=O)c2ccccn2)c2c1CCN(C(=O)CCc1ccccc1)C2. The zero-order valence-electron chi connectivity index (χ0n) is 17.8. The average molecular weight is 418 g/mol. The highest BCUT2D eigenvalue weighted by atomic mass is 16.2. The van der Waals surface area contributed by atoms with Crippen LogP contribution in [0.1, 0.15) is 39.4 Å². The van der Waals surface area contributed by atoms with E-state index in [-0.39, 0.29) is 11.8 Å². The molecule has 3 aromatic rings. The molecule has 0 aliphatic carbocycles. The number of hydrogen-bond donors (Lipinski definition) is 1. The third-order valence-electron chi connectivity index (χ3n) is 5.69. The summed E-state index contributed by atoms with van der Waals surface area (Å²) in [7, 11) is 1.95. The Balaban J connectivity index is 1.35. The maximum atomic E-state index is 12.8. The molecule has 7 heteroatoms. The van der Waals surface area contributed by atoms with Crippen LogP contribution in [0, 0.1) is 0 Å². The number of amides is 2. The van der Waals surface area contributed by atoms with Crippen LogP contribution in [0.5, 0.6) is 0 Å². The third kappa shape index (κ3) is 4.99. The molecule has 0 fully saturated rings. The molecule has 0 atom stereocenters. The van der Waals surface area contributed by atoms with Gasteiger partial charge in [0.2, 0.25) is 5.91 Å². The molecule has 1 N–H and O–H groups in total. The second kappa shape index (κ2) is 9.55. The average Bonchev–Trinajstić information content (AvgIpc) is 3.13. The number of rotatable bonds is 7. The van der Waals surface area contributed by atoms with Crippen LogP contribution in [0.25, 0.3) is 0 Å². The number of nitrogens with zero attached hydrogens (tertiary/aromatic N) is 4. The highest BCUT2D eigenvalue weighted by Crippen LogP contribution is 2.23. The van der Waals surface area contributed by atoms with Crippen molar-refractivity contribution in [2.75, 3.05) is 13.1 Å². The summed E-state index contributed by atoms with van der Waals surface area (Å²) in [6.07, 6.45) is 4.29. The fourth-order valence-corrected chi connectivity index (χ4v) is 4.02. The number of hydrogen-bond acceptors (Lipinski definition) is 4. The van der Waals surface area contributed by atoms with Crippen molar-refractivity contribution in [2.45, 2.75) is 32.2 Å². The van der Waals surface area contributed by atoms with Gasteiger partial charge in [-0.15, -0.1) is 0 Å². The van der Waals surface area contributed by atoms with Crippen molar-refractivity contribution in [3.05, 3.63) is 82.9 Å². The third-order valence-corrected chi connectivity index (χ3v) is 5.69. The van der Waals surface area contributed by atoms with Crippen molar-refractivity contribution in [1.29, 1.82) is 0 Å². The predicted molar refractivity (Wildman–Crippen MR) is 117 cm³/mol. The van der Waals surface area contributed by atoms with Gasteiger partial charge >= 0.3 is 0 Å². The Bertz CT molecular complexity index is 1050. The molecule has 160 valence electrons. The maximum Gasteiger partial charge on any atom is 0.269 e. The van der Waals surface area contributed by atoms with Gasteiger partial charge in [0.15, 0.2) is 0 Å². The van der Waals surface area contributed by atoms with E-state index in [4.69, 9.17) is 0 Å². The van der Waals surface area contributed by atoms with E-state index in [0.29, 0.717) is 31.6 Å². The monoisotopic (exact) mass is 417 g/mol. The summed E-state index contributed by atoms with van der Waals surface area (Å²) >= 11 is 0. The molecular weight excluding hydrogens is 390 g/mol. The van der Waals surface area contributed by atoms with E-state index in [2.05, 4.69) is 27.5 Å². The summed E-state index contributed by atoms with van der Waals surface area (Å²) in [6, 6.07) is 15.4. The Hall–Kier alpha value is -3.48. The minimum Gasteiger partial charge on any atom is -0.350 e. The maximum absolute atomic E-state index is 12.8. The lowest BCUT2D eigenvalue weighted by molar-refractivity contribution is -0.132. The van der Waals surface area contributed by atoms with Crippen molar-refractivity contribution in [3.63, 3.8) is 0 Å². The van der Waals surface area contributed by atoms with Gasteiger partial charge in [0.25, 0.3) is 5.91 Å². The number of aromatic nitrogens is 3. The number of aryl methyl sites for hydroxylation is 2. The Labute approximate surface area is 182 Å². The van der Waals surface area contributed by atoms with Crippen molar-refractivity contribution in [1.82, 2.24) is 25.0 Å². The molecule has 1 aromatic carbocycles. The largest absolute Gasteiger partial charge is 0.350 e. The van der Waals surface area contributed by atoms with E-state index in [1.165, 1.54) is 11.3 Å². The first-order chi connectivity index (χ1) is 15.1. The van der Waals surface area contributed by atoms with Gasteiger partial charge in [-0.05, 0) is 24.1 Å². The van der Waals surface area contributed by atoms with Crippen molar-refractivity contribution < 1.29 is 9.59 Å². The first-order valence-electron chi connectivity index (χ1n) is 10.7. The molecule has 0 unspecified atom stereocenters. The van der Waals surface area contributed by atoms with Crippen LogP contribution >= 0.6 is 0 Å². The molecule has 0 saturated heterocycles. The minimum atomic E-state index is -0.192. The molecule has 0 saturated carbocycles.